The number of nitrogens with two attached hydrogens (primary N) is 1. The van der Waals surface area contributed by atoms with E-state index in [4.69, 9.17) is 10.5 Å². The summed E-state index contributed by atoms with van der Waals surface area (Å²) in [6, 6.07) is 8.95. The molecule has 20 heavy (non-hydrogen) atoms. The van der Waals surface area contributed by atoms with E-state index in [0.29, 0.717) is 6.61 Å². The highest BCUT2D eigenvalue weighted by Gasteiger charge is 2.49. The van der Waals surface area contributed by atoms with Gasteiger partial charge in [-0.15, -0.1) is 0 Å². The number of amides is 1. The molecule has 0 bridgehead atoms. The predicted octanol–water partition coefficient (Wildman–Crippen LogP) is 2.01. The first kappa shape index (κ1) is 15.0. The first-order chi connectivity index (χ1) is 9.46. The van der Waals surface area contributed by atoms with Crippen LogP contribution in [0.15, 0.2) is 30.3 Å². The van der Waals surface area contributed by atoms with Gasteiger partial charge in [-0.3, -0.25) is 4.79 Å². The fourth-order valence-corrected chi connectivity index (χ4v) is 2.69. The van der Waals surface area contributed by atoms with Crippen molar-refractivity contribution in [2.75, 3.05) is 6.61 Å². The fourth-order valence-electron chi connectivity index (χ4n) is 2.69. The molecule has 3 atom stereocenters. The van der Waals surface area contributed by atoms with Crippen LogP contribution < -0.4 is 11.1 Å². The third-order valence-electron chi connectivity index (χ3n) is 4.30. The molecule has 1 aromatic carbocycles. The highest BCUT2D eigenvalue weighted by atomic mass is 16.5. The average Bonchev–Trinajstić information content (AvgIpc) is 2.46. The zero-order valence-corrected chi connectivity index (χ0v) is 12.4. The summed E-state index contributed by atoms with van der Waals surface area (Å²) in [6.07, 6.45) is 1.07. The van der Waals surface area contributed by atoms with Gasteiger partial charge in [0.05, 0.1) is 6.10 Å². The Morgan fingerprint density at radius 1 is 1.45 bits per heavy atom. The Morgan fingerprint density at radius 2 is 2.10 bits per heavy atom. The molecule has 1 aromatic rings. The Hall–Kier alpha value is -1.39. The smallest absolute Gasteiger partial charge is 0.241 e. The molecule has 0 saturated heterocycles. The maximum atomic E-state index is 12.2. The summed E-state index contributed by atoms with van der Waals surface area (Å²) in [5.41, 5.74) is 6.80. The zero-order chi connectivity index (χ0) is 14.8. The Kier molecular flexibility index (Phi) is 4.45. The van der Waals surface area contributed by atoms with Gasteiger partial charge in [0, 0.05) is 18.1 Å². The monoisotopic (exact) mass is 276 g/mol. The van der Waals surface area contributed by atoms with Crippen molar-refractivity contribution in [1.82, 2.24) is 5.32 Å². The molecule has 110 valence electrons. The van der Waals surface area contributed by atoms with Crippen molar-refractivity contribution in [3.63, 3.8) is 0 Å². The molecule has 4 heteroatoms. The number of hydrogen-bond acceptors (Lipinski definition) is 3. The maximum absolute atomic E-state index is 12.2. The predicted molar refractivity (Wildman–Crippen MR) is 79.1 cm³/mol. The van der Waals surface area contributed by atoms with Crippen LogP contribution in [-0.4, -0.2) is 24.7 Å². The molecule has 2 rings (SSSR count). The van der Waals surface area contributed by atoms with Crippen molar-refractivity contribution in [1.29, 1.82) is 0 Å². The van der Waals surface area contributed by atoms with E-state index in [1.165, 1.54) is 0 Å². The van der Waals surface area contributed by atoms with Crippen LogP contribution in [0.2, 0.25) is 0 Å². The molecule has 0 spiro atoms. The Labute approximate surface area is 120 Å². The number of rotatable bonds is 5. The van der Waals surface area contributed by atoms with Gasteiger partial charge in [-0.2, -0.15) is 0 Å². The SMILES string of the molecule is CCOC1CC(NC(=O)[C@@H](N)c2ccccc2)C1(C)C. The topological polar surface area (TPSA) is 64.3 Å². The van der Waals surface area contributed by atoms with E-state index in [0.717, 1.165) is 12.0 Å². The van der Waals surface area contributed by atoms with Crippen LogP contribution in [0.1, 0.15) is 38.8 Å². The van der Waals surface area contributed by atoms with Gasteiger partial charge in [0.2, 0.25) is 5.91 Å². The molecule has 1 saturated carbocycles. The van der Waals surface area contributed by atoms with E-state index in [1.54, 1.807) is 0 Å². The number of nitrogens with one attached hydrogen (secondary N) is 1. The summed E-state index contributed by atoms with van der Waals surface area (Å²) in [5.74, 6) is -0.121. The second kappa shape index (κ2) is 5.94. The summed E-state index contributed by atoms with van der Waals surface area (Å²) in [5, 5.41) is 3.05. The molecular formula is C16H24N2O2. The third kappa shape index (κ3) is 2.86. The summed E-state index contributed by atoms with van der Waals surface area (Å²) < 4.78 is 5.67. The molecule has 2 unspecified atom stereocenters. The molecule has 0 aromatic heterocycles. The van der Waals surface area contributed by atoms with Crippen LogP contribution in [0, 0.1) is 5.41 Å². The van der Waals surface area contributed by atoms with Gasteiger partial charge in [0.25, 0.3) is 0 Å². The quantitative estimate of drug-likeness (QED) is 0.864. The van der Waals surface area contributed by atoms with E-state index in [9.17, 15) is 4.79 Å². The molecule has 0 aliphatic heterocycles. The van der Waals surface area contributed by atoms with Crippen molar-refractivity contribution in [2.45, 2.75) is 45.4 Å². The molecule has 4 nitrogen and oxygen atoms in total. The van der Waals surface area contributed by atoms with E-state index in [2.05, 4.69) is 19.2 Å². The van der Waals surface area contributed by atoms with Crippen LogP contribution in [0.5, 0.6) is 0 Å². The highest BCUT2D eigenvalue weighted by Crippen LogP contribution is 2.42. The summed E-state index contributed by atoms with van der Waals surface area (Å²) in [4.78, 5) is 12.2. The average molecular weight is 276 g/mol. The fraction of sp³-hybridized carbons (Fsp3) is 0.562. The van der Waals surface area contributed by atoms with Gasteiger partial charge in [-0.25, -0.2) is 0 Å². The largest absolute Gasteiger partial charge is 0.378 e. The highest BCUT2D eigenvalue weighted by molar-refractivity contribution is 5.83. The molecule has 1 aliphatic carbocycles. The third-order valence-corrected chi connectivity index (χ3v) is 4.30. The van der Waals surface area contributed by atoms with Gasteiger partial charge in [0.15, 0.2) is 0 Å². The lowest BCUT2D eigenvalue weighted by molar-refractivity contribution is -0.137. The van der Waals surface area contributed by atoms with Crippen molar-refractivity contribution in [3.05, 3.63) is 35.9 Å². The van der Waals surface area contributed by atoms with Gasteiger partial charge >= 0.3 is 0 Å². The van der Waals surface area contributed by atoms with Gasteiger partial charge in [-0.1, -0.05) is 44.2 Å². The van der Waals surface area contributed by atoms with E-state index in [-0.39, 0.29) is 23.5 Å². The molecule has 1 fully saturated rings. The molecule has 0 radical (unpaired) electrons. The number of hydrogen-bond donors (Lipinski definition) is 2. The molecular weight excluding hydrogens is 252 g/mol. The first-order valence-electron chi connectivity index (χ1n) is 7.19. The minimum absolute atomic E-state index is 0.0396. The summed E-state index contributed by atoms with van der Waals surface area (Å²) >= 11 is 0. The number of carbonyl (C=O) groups excluding carboxylic acids is 1. The lowest BCUT2D eigenvalue weighted by Crippen LogP contribution is -2.62. The van der Waals surface area contributed by atoms with Crippen LogP contribution in [0.3, 0.4) is 0 Å². The summed E-state index contributed by atoms with van der Waals surface area (Å²) in [6.45, 7) is 6.94. The van der Waals surface area contributed by atoms with Crippen LogP contribution >= 0.6 is 0 Å². The lowest BCUT2D eigenvalue weighted by Gasteiger charge is -2.51. The van der Waals surface area contributed by atoms with E-state index >= 15 is 0 Å². The molecule has 1 amide bonds. The number of benzene rings is 1. The summed E-state index contributed by atoms with van der Waals surface area (Å²) in [7, 11) is 0. The normalized spacial score (nSPS) is 25.6. The second-order valence-electron chi connectivity index (χ2n) is 5.95. The van der Waals surface area contributed by atoms with Gasteiger partial charge < -0.3 is 15.8 Å². The lowest BCUT2D eigenvalue weighted by atomic mass is 9.64. The number of ether oxygens (including phenoxy) is 1. The standard InChI is InChI=1S/C16H24N2O2/c1-4-20-13-10-12(16(13,2)3)18-15(19)14(17)11-8-6-5-7-9-11/h5-9,12-14H,4,10,17H2,1-3H3,(H,18,19)/t12?,13?,14-/m0/s1. The number of carbonyl (C=O) groups is 1. The van der Waals surface area contributed by atoms with Crippen molar-refractivity contribution in [2.24, 2.45) is 11.1 Å². The Morgan fingerprint density at radius 3 is 2.65 bits per heavy atom. The zero-order valence-electron chi connectivity index (χ0n) is 12.4. The van der Waals surface area contributed by atoms with Crippen molar-refractivity contribution >= 4 is 5.91 Å². The molecule has 0 heterocycles. The maximum Gasteiger partial charge on any atom is 0.241 e. The van der Waals surface area contributed by atoms with Gasteiger partial charge in [-0.05, 0) is 18.9 Å². The first-order valence-corrected chi connectivity index (χ1v) is 7.19. The molecule has 1 aliphatic rings. The van der Waals surface area contributed by atoms with E-state index < -0.39 is 6.04 Å². The van der Waals surface area contributed by atoms with E-state index in [1.807, 2.05) is 37.3 Å². The van der Waals surface area contributed by atoms with Gasteiger partial charge in [0.1, 0.15) is 6.04 Å². The van der Waals surface area contributed by atoms with Crippen molar-refractivity contribution in [3.8, 4) is 0 Å². The Bertz CT molecular complexity index is 459. The minimum Gasteiger partial charge on any atom is -0.378 e. The van der Waals surface area contributed by atoms with Crippen LogP contribution in [0.25, 0.3) is 0 Å². The van der Waals surface area contributed by atoms with Crippen LogP contribution in [0.4, 0.5) is 0 Å². The Balaban J connectivity index is 1.93. The van der Waals surface area contributed by atoms with Crippen molar-refractivity contribution < 1.29 is 9.53 Å². The van der Waals surface area contributed by atoms with Crippen LogP contribution in [-0.2, 0) is 9.53 Å². The molecule has 3 N–H and O–H groups in total. The minimum atomic E-state index is -0.613. The second-order valence-corrected chi connectivity index (χ2v) is 5.95.